The van der Waals surface area contributed by atoms with Gasteiger partial charge in [-0.15, -0.1) is 21.5 Å². The summed E-state index contributed by atoms with van der Waals surface area (Å²) in [5, 5.41) is 21.8. The second-order valence-electron chi connectivity index (χ2n) is 4.02. The van der Waals surface area contributed by atoms with Crippen LogP contribution in [-0.4, -0.2) is 31.7 Å². The van der Waals surface area contributed by atoms with Gasteiger partial charge in [0.25, 0.3) is 5.91 Å². The second kappa shape index (κ2) is 5.21. The number of hydrogen-bond acceptors (Lipinski definition) is 7. The summed E-state index contributed by atoms with van der Waals surface area (Å²) in [7, 11) is 0. The number of nitrogens with one attached hydrogen (secondary N) is 2. The maximum Gasteiger partial charge on any atom is 0.274 e. The first kappa shape index (κ1) is 12.5. The Morgan fingerprint density at radius 2 is 2.45 bits per heavy atom. The van der Waals surface area contributed by atoms with E-state index in [1.165, 1.54) is 11.3 Å². The summed E-state index contributed by atoms with van der Waals surface area (Å²) in [6.45, 7) is 1.75. The summed E-state index contributed by atoms with van der Waals surface area (Å²) in [5.41, 5.74) is 0.212. The first-order valence-electron chi connectivity index (χ1n) is 5.79. The highest BCUT2D eigenvalue weighted by atomic mass is 32.1. The van der Waals surface area contributed by atoms with Gasteiger partial charge in [-0.1, -0.05) is 16.4 Å². The topological polar surface area (TPSA) is 110 Å². The van der Waals surface area contributed by atoms with Gasteiger partial charge in [-0.05, 0) is 18.4 Å². The Balaban J connectivity index is 1.72. The van der Waals surface area contributed by atoms with Crippen molar-refractivity contribution < 1.29 is 9.32 Å². The molecule has 3 aromatic rings. The molecule has 0 aromatic carbocycles. The molecule has 0 saturated heterocycles. The van der Waals surface area contributed by atoms with E-state index in [4.69, 9.17) is 4.52 Å². The van der Waals surface area contributed by atoms with Crippen LogP contribution in [0.2, 0.25) is 0 Å². The first-order valence-corrected chi connectivity index (χ1v) is 6.67. The first-order chi connectivity index (χ1) is 9.74. The van der Waals surface area contributed by atoms with Crippen LogP contribution in [-0.2, 0) is 0 Å². The fourth-order valence-corrected chi connectivity index (χ4v) is 2.28. The number of thiophene rings is 1. The Morgan fingerprint density at radius 1 is 1.55 bits per heavy atom. The van der Waals surface area contributed by atoms with Crippen molar-refractivity contribution in [2.75, 3.05) is 0 Å². The number of aromatic amines is 1. The lowest BCUT2D eigenvalue weighted by molar-refractivity contribution is 0.0929. The van der Waals surface area contributed by atoms with Crippen LogP contribution in [0.1, 0.15) is 29.3 Å². The number of carbonyl (C=O) groups is 1. The minimum atomic E-state index is -0.372. The molecule has 0 aliphatic heterocycles. The number of amides is 1. The summed E-state index contributed by atoms with van der Waals surface area (Å²) in [5.74, 6) is 0.617. The van der Waals surface area contributed by atoms with E-state index in [2.05, 4.69) is 31.1 Å². The van der Waals surface area contributed by atoms with E-state index in [1.54, 1.807) is 13.0 Å². The quantitative estimate of drug-likeness (QED) is 0.751. The molecule has 102 valence electrons. The van der Waals surface area contributed by atoms with E-state index in [0.29, 0.717) is 11.6 Å². The van der Waals surface area contributed by atoms with Crippen molar-refractivity contribution in [2.24, 2.45) is 0 Å². The number of hydrogen-bond donors (Lipinski definition) is 2. The number of carbonyl (C=O) groups excluding carboxylic acids is 1. The molecule has 9 heteroatoms. The molecular weight excluding hydrogens is 280 g/mol. The molecule has 0 fully saturated rings. The number of H-pyrrole nitrogens is 1. The lowest BCUT2D eigenvalue weighted by atomic mass is 10.2. The maximum atomic E-state index is 12.0. The number of nitrogens with zero attached hydrogens (tertiary/aromatic N) is 4. The fraction of sp³-hybridized carbons (Fsp3) is 0.182. The molecular formula is C11H10N6O2S. The van der Waals surface area contributed by atoms with Gasteiger partial charge in [0, 0.05) is 6.07 Å². The molecule has 0 spiro atoms. The Hall–Kier alpha value is -2.55. The number of tetrazole rings is 1. The van der Waals surface area contributed by atoms with E-state index in [9.17, 15) is 4.79 Å². The van der Waals surface area contributed by atoms with E-state index in [0.717, 1.165) is 4.88 Å². The van der Waals surface area contributed by atoms with Gasteiger partial charge in [0.1, 0.15) is 0 Å². The third-order valence-electron chi connectivity index (χ3n) is 2.60. The van der Waals surface area contributed by atoms with Crippen LogP contribution in [0.15, 0.2) is 28.1 Å². The minimum Gasteiger partial charge on any atom is -0.355 e. The fourth-order valence-electron chi connectivity index (χ4n) is 1.61. The molecule has 0 aliphatic rings. The van der Waals surface area contributed by atoms with Gasteiger partial charge in [-0.2, -0.15) is 5.21 Å². The standard InChI is InChI=1S/C11H10N6O2S/c1-6(10-13-16-17-14-10)12-11(18)7-5-8(19-15-7)9-3-2-4-20-9/h2-6H,1H3,(H,12,18)(H,13,14,16,17). The van der Waals surface area contributed by atoms with Crippen molar-refractivity contribution in [1.82, 2.24) is 31.1 Å². The summed E-state index contributed by atoms with van der Waals surface area (Å²) in [6, 6.07) is 5.03. The van der Waals surface area contributed by atoms with Crippen molar-refractivity contribution in [3.63, 3.8) is 0 Å². The number of aromatic nitrogens is 5. The smallest absolute Gasteiger partial charge is 0.274 e. The van der Waals surface area contributed by atoms with Crippen molar-refractivity contribution >= 4 is 17.2 Å². The lowest BCUT2D eigenvalue weighted by Gasteiger charge is -2.07. The van der Waals surface area contributed by atoms with Gasteiger partial charge >= 0.3 is 0 Å². The van der Waals surface area contributed by atoms with Crippen LogP contribution in [0.3, 0.4) is 0 Å². The summed E-state index contributed by atoms with van der Waals surface area (Å²) in [4.78, 5) is 12.9. The molecule has 3 aromatic heterocycles. The van der Waals surface area contributed by atoms with Crippen molar-refractivity contribution in [2.45, 2.75) is 13.0 Å². The van der Waals surface area contributed by atoms with Crippen molar-refractivity contribution in [1.29, 1.82) is 0 Å². The molecule has 1 unspecified atom stereocenters. The van der Waals surface area contributed by atoms with Gasteiger partial charge in [0.2, 0.25) is 0 Å². The lowest BCUT2D eigenvalue weighted by Crippen LogP contribution is -2.27. The van der Waals surface area contributed by atoms with Crippen LogP contribution in [0.5, 0.6) is 0 Å². The molecule has 0 saturated carbocycles. The highest BCUT2D eigenvalue weighted by molar-refractivity contribution is 7.13. The zero-order chi connectivity index (χ0) is 13.9. The van der Waals surface area contributed by atoms with E-state index < -0.39 is 0 Å². The van der Waals surface area contributed by atoms with Gasteiger partial charge < -0.3 is 9.84 Å². The molecule has 3 rings (SSSR count). The third-order valence-corrected chi connectivity index (χ3v) is 3.49. The average Bonchev–Trinajstić information content (AvgIpc) is 3.19. The summed E-state index contributed by atoms with van der Waals surface area (Å²) in [6.07, 6.45) is 0. The molecule has 1 atom stereocenters. The van der Waals surface area contributed by atoms with Gasteiger partial charge in [-0.3, -0.25) is 4.79 Å². The monoisotopic (exact) mass is 290 g/mol. The minimum absolute atomic E-state index is 0.212. The van der Waals surface area contributed by atoms with Crippen LogP contribution >= 0.6 is 11.3 Å². The second-order valence-corrected chi connectivity index (χ2v) is 4.97. The van der Waals surface area contributed by atoms with Crippen LogP contribution in [0.4, 0.5) is 0 Å². The molecule has 0 radical (unpaired) electrons. The molecule has 2 N–H and O–H groups in total. The molecule has 0 aliphatic carbocycles. The van der Waals surface area contributed by atoms with Crippen LogP contribution in [0, 0.1) is 0 Å². The third kappa shape index (κ3) is 2.43. The SMILES string of the molecule is CC(NC(=O)c1cc(-c2cccs2)on1)c1nn[nH]n1. The largest absolute Gasteiger partial charge is 0.355 e. The molecule has 1 amide bonds. The summed E-state index contributed by atoms with van der Waals surface area (Å²) >= 11 is 1.52. The highest BCUT2D eigenvalue weighted by Gasteiger charge is 2.18. The van der Waals surface area contributed by atoms with E-state index >= 15 is 0 Å². The Kier molecular flexibility index (Phi) is 3.25. The maximum absolute atomic E-state index is 12.0. The number of rotatable bonds is 4. The van der Waals surface area contributed by atoms with Crippen molar-refractivity contribution in [3.05, 3.63) is 35.1 Å². The van der Waals surface area contributed by atoms with Crippen molar-refractivity contribution in [3.8, 4) is 10.6 Å². The van der Waals surface area contributed by atoms with Gasteiger partial charge in [0.15, 0.2) is 17.3 Å². The zero-order valence-electron chi connectivity index (χ0n) is 10.4. The van der Waals surface area contributed by atoms with Gasteiger partial charge in [0.05, 0.1) is 10.9 Å². The molecule has 0 bridgehead atoms. The Labute approximate surface area is 117 Å². The normalized spacial score (nSPS) is 12.2. The van der Waals surface area contributed by atoms with Crippen LogP contribution < -0.4 is 5.32 Å². The molecule has 8 nitrogen and oxygen atoms in total. The van der Waals surface area contributed by atoms with Gasteiger partial charge in [-0.25, -0.2) is 0 Å². The highest BCUT2D eigenvalue weighted by Crippen LogP contribution is 2.25. The zero-order valence-corrected chi connectivity index (χ0v) is 11.2. The Bertz CT molecular complexity index is 690. The average molecular weight is 290 g/mol. The Morgan fingerprint density at radius 3 is 3.15 bits per heavy atom. The van der Waals surface area contributed by atoms with Crippen LogP contribution in [0.25, 0.3) is 10.6 Å². The molecule has 20 heavy (non-hydrogen) atoms. The molecule has 3 heterocycles. The predicted molar refractivity (Wildman–Crippen MR) is 69.9 cm³/mol. The van der Waals surface area contributed by atoms with E-state index in [-0.39, 0.29) is 17.6 Å². The summed E-state index contributed by atoms with van der Waals surface area (Å²) < 4.78 is 5.15. The predicted octanol–water partition coefficient (Wildman–Crippen LogP) is 1.41. The van der Waals surface area contributed by atoms with E-state index in [1.807, 2.05) is 17.5 Å².